The van der Waals surface area contributed by atoms with Gasteiger partial charge in [-0.1, -0.05) is 60.7 Å². The second kappa shape index (κ2) is 7.00. The standard InChI is InChI=1S/C23H23N5/c24-22-21-19(18-9-5-2-6-10-18)15-20(25-23(21)27-26-22)28-13-11-17(12-14-28)16-7-3-1-4-8-16/h1-10,15,17H,11-14H2,(H3,24,25,26,27). The van der Waals surface area contributed by atoms with Gasteiger partial charge in [0, 0.05) is 18.7 Å². The van der Waals surface area contributed by atoms with Crippen LogP contribution in [0.4, 0.5) is 11.6 Å². The van der Waals surface area contributed by atoms with Crippen LogP contribution in [0.3, 0.4) is 0 Å². The molecule has 5 heteroatoms. The molecule has 5 nitrogen and oxygen atoms in total. The molecule has 0 unspecified atom stereocenters. The smallest absolute Gasteiger partial charge is 0.160 e. The maximum Gasteiger partial charge on any atom is 0.160 e. The van der Waals surface area contributed by atoms with E-state index in [4.69, 9.17) is 10.7 Å². The number of rotatable bonds is 3. The van der Waals surface area contributed by atoms with Crippen molar-refractivity contribution in [3.8, 4) is 11.1 Å². The van der Waals surface area contributed by atoms with Crippen LogP contribution in [0.25, 0.3) is 22.2 Å². The minimum Gasteiger partial charge on any atom is -0.382 e. The summed E-state index contributed by atoms with van der Waals surface area (Å²) in [5, 5.41) is 8.09. The van der Waals surface area contributed by atoms with Gasteiger partial charge in [-0.05, 0) is 36.0 Å². The Kier molecular flexibility index (Phi) is 4.20. The molecule has 0 spiro atoms. The summed E-state index contributed by atoms with van der Waals surface area (Å²) in [6, 6.07) is 23.3. The molecule has 28 heavy (non-hydrogen) atoms. The first-order valence-corrected chi connectivity index (χ1v) is 9.79. The number of pyridine rings is 1. The number of H-pyrrole nitrogens is 1. The maximum absolute atomic E-state index is 6.13. The summed E-state index contributed by atoms with van der Waals surface area (Å²) in [4.78, 5) is 7.21. The van der Waals surface area contributed by atoms with Crippen molar-refractivity contribution in [2.24, 2.45) is 0 Å². The highest BCUT2D eigenvalue weighted by molar-refractivity contribution is 6.01. The van der Waals surface area contributed by atoms with Gasteiger partial charge in [-0.3, -0.25) is 5.10 Å². The third kappa shape index (κ3) is 2.99. The molecule has 1 aliphatic heterocycles. The van der Waals surface area contributed by atoms with E-state index in [-0.39, 0.29) is 0 Å². The van der Waals surface area contributed by atoms with E-state index in [2.05, 4.69) is 63.6 Å². The van der Waals surface area contributed by atoms with Gasteiger partial charge < -0.3 is 10.6 Å². The Labute approximate surface area is 164 Å². The second-order valence-electron chi connectivity index (χ2n) is 7.40. The fraction of sp³-hybridized carbons (Fsp3) is 0.217. The molecule has 1 fully saturated rings. The van der Waals surface area contributed by atoms with E-state index in [1.54, 1.807) is 0 Å². The number of nitrogens with zero attached hydrogens (tertiary/aromatic N) is 3. The van der Waals surface area contributed by atoms with Crippen molar-refractivity contribution in [3.05, 3.63) is 72.3 Å². The predicted molar refractivity (Wildman–Crippen MR) is 114 cm³/mol. The van der Waals surface area contributed by atoms with Crippen LogP contribution in [0.15, 0.2) is 66.7 Å². The van der Waals surface area contributed by atoms with E-state index in [0.29, 0.717) is 11.7 Å². The van der Waals surface area contributed by atoms with Crippen molar-refractivity contribution in [3.63, 3.8) is 0 Å². The highest BCUT2D eigenvalue weighted by atomic mass is 15.2. The number of nitrogen functional groups attached to an aromatic ring is 1. The lowest BCUT2D eigenvalue weighted by atomic mass is 9.89. The molecule has 5 rings (SSSR count). The lowest BCUT2D eigenvalue weighted by Crippen LogP contribution is -2.33. The highest BCUT2D eigenvalue weighted by Crippen LogP contribution is 2.35. The molecule has 0 radical (unpaired) electrons. The van der Waals surface area contributed by atoms with Crippen molar-refractivity contribution in [1.29, 1.82) is 0 Å². The summed E-state index contributed by atoms with van der Waals surface area (Å²) in [6.07, 6.45) is 2.27. The monoisotopic (exact) mass is 369 g/mol. The van der Waals surface area contributed by atoms with Crippen molar-refractivity contribution < 1.29 is 0 Å². The summed E-state index contributed by atoms with van der Waals surface area (Å²) < 4.78 is 0. The van der Waals surface area contributed by atoms with E-state index in [1.807, 2.05) is 18.2 Å². The molecule has 1 saturated heterocycles. The fourth-order valence-corrected chi connectivity index (χ4v) is 4.22. The maximum atomic E-state index is 6.13. The molecule has 4 aromatic rings. The molecule has 1 aliphatic rings. The van der Waals surface area contributed by atoms with Crippen LogP contribution < -0.4 is 10.6 Å². The molecule has 3 N–H and O–H groups in total. The SMILES string of the molecule is Nc1n[nH]c2nc(N3CCC(c4ccccc4)CC3)cc(-c3ccccc3)c12. The van der Waals surface area contributed by atoms with Crippen LogP contribution in [0.2, 0.25) is 0 Å². The van der Waals surface area contributed by atoms with Crippen LogP contribution in [-0.4, -0.2) is 28.3 Å². The van der Waals surface area contributed by atoms with E-state index >= 15 is 0 Å². The summed E-state index contributed by atoms with van der Waals surface area (Å²) >= 11 is 0. The molecule has 0 atom stereocenters. The lowest BCUT2D eigenvalue weighted by Gasteiger charge is -2.33. The number of nitrogens with one attached hydrogen (secondary N) is 1. The average molecular weight is 369 g/mol. The zero-order valence-corrected chi connectivity index (χ0v) is 15.7. The number of fused-ring (bicyclic) bond motifs is 1. The molecule has 0 saturated carbocycles. The van der Waals surface area contributed by atoms with E-state index in [1.165, 1.54) is 5.56 Å². The molecule has 0 bridgehead atoms. The molecule has 140 valence electrons. The van der Waals surface area contributed by atoms with Gasteiger partial charge >= 0.3 is 0 Å². The quantitative estimate of drug-likeness (QED) is 0.554. The first-order valence-electron chi connectivity index (χ1n) is 9.79. The Morgan fingerprint density at radius 2 is 1.61 bits per heavy atom. The minimum absolute atomic E-state index is 0.496. The Morgan fingerprint density at radius 3 is 2.32 bits per heavy atom. The number of nitrogens with two attached hydrogens (primary N) is 1. The number of aromatic nitrogens is 3. The summed E-state index contributed by atoms with van der Waals surface area (Å²) in [5.74, 6) is 2.11. The lowest BCUT2D eigenvalue weighted by molar-refractivity contribution is 0.503. The second-order valence-corrected chi connectivity index (χ2v) is 7.40. The zero-order chi connectivity index (χ0) is 18.9. The highest BCUT2D eigenvalue weighted by Gasteiger charge is 2.23. The molecule has 0 aliphatic carbocycles. The van der Waals surface area contributed by atoms with Crippen LogP contribution in [0.5, 0.6) is 0 Å². The van der Waals surface area contributed by atoms with Crippen molar-refractivity contribution >= 4 is 22.7 Å². The molecular weight excluding hydrogens is 346 g/mol. The van der Waals surface area contributed by atoms with Crippen LogP contribution in [0.1, 0.15) is 24.3 Å². The summed E-state index contributed by atoms with van der Waals surface area (Å²) in [6.45, 7) is 1.99. The molecular formula is C23H23N5. The molecule has 2 aromatic heterocycles. The Bertz CT molecular complexity index is 1080. The fourth-order valence-electron chi connectivity index (χ4n) is 4.22. The largest absolute Gasteiger partial charge is 0.382 e. The van der Waals surface area contributed by atoms with E-state index in [0.717, 1.165) is 53.9 Å². The van der Waals surface area contributed by atoms with Gasteiger partial charge in [0.05, 0.1) is 5.39 Å². The first kappa shape index (κ1) is 16.8. The predicted octanol–water partition coefficient (Wildman–Crippen LogP) is 4.59. The minimum atomic E-state index is 0.496. The molecule has 0 amide bonds. The van der Waals surface area contributed by atoms with Gasteiger partial charge in [0.2, 0.25) is 0 Å². The van der Waals surface area contributed by atoms with Gasteiger partial charge in [0.15, 0.2) is 11.5 Å². The van der Waals surface area contributed by atoms with E-state index in [9.17, 15) is 0 Å². The van der Waals surface area contributed by atoms with E-state index < -0.39 is 0 Å². The van der Waals surface area contributed by atoms with Crippen LogP contribution in [0, 0.1) is 0 Å². The third-order valence-electron chi connectivity index (χ3n) is 5.72. The number of benzene rings is 2. The Morgan fingerprint density at radius 1 is 0.929 bits per heavy atom. The van der Waals surface area contributed by atoms with Crippen LogP contribution >= 0.6 is 0 Å². The third-order valence-corrected chi connectivity index (χ3v) is 5.72. The van der Waals surface area contributed by atoms with Gasteiger partial charge in [-0.15, -0.1) is 0 Å². The van der Waals surface area contributed by atoms with Crippen LogP contribution in [-0.2, 0) is 0 Å². The van der Waals surface area contributed by atoms with Crippen molar-refractivity contribution in [2.75, 3.05) is 23.7 Å². The zero-order valence-electron chi connectivity index (χ0n) is 15.7. The number of aromatic amines is 1. The molecule has 3 heterocycles. The normalized spacial score (nSPS) is 15.2. The average Bonchev–Trinajstić information content (AvgIpc) is 3.15. The molecule has 2 aromatic carbocycles. The summed E-state index contributed by atoms with van der Waals surface area (Å²) in [7, 11) is 0. The van der Waals surface area contributed by atoms with Gasteiger partial charge in [-0.2, -0.15) is 5.10 Å². The van der Waals surface area contributed by atoms with Gasteiger partial charge in [0.25, 0.3) is 0 Å². The van der Waals surface area contributed by atoms with Crippen molar-refractivity contribution in [1.82, 2.24) is 15.2 Å². The topological polar surface area (TPSA) is 70.8 Å². The Hall–Kier alpha value is -3.34. The number of anilines is 2. The number of hydrogen-bond donors (Lipinski definition) is 2. The summed E-state index contributed by atoms with van der Waals surface area (Å²) in [5.41, 5.74) is 10.5. The van der Waals surface area contributed by atoms with Gasteiger partial charge in [-0.25, -0.2) is 4.98 Å². The number of hydrogen-bond acceptors (Lipinski definition) is 4. The Balaban J connectivity index is 1.47. The van der Waals surface area contributed by atoms with Gasteiger partial charge in [0.1, 0.15) is 5.82 Å². The number of piperidine rings is 1. The first-order chi connectivity index (χ1) is 13.8. The van der Waals surface area contributed by atoms with Crippen molar-refractivity contribution in [2.45, 2.75) is 18.8 Å².